The van der Waals surface area contributed by atoms with E-state index < -0.39 is 24.2 Å². The number of nitrogens with one attached hydrogen (secondary N) is 7. The van der Waals surface area contributed by atoms with Crippen molar-refractivity contribution in [3.8, 4) is 0 Å². The number of aromatic nitrogens is 3. The number of unbranched alkanes of at least 4 members (excludes halogenated alkanes) is 2. The summed E-state index contributed by atoms with van der Waals surface area (Å²) in [5, 5.41) is 49.5. The van der Waals surface area contributed by atoms with Gasteiger partial charge in [-0.15, -0.1) is 5.10 Å². The monoisotopic (exact) mass is 1130 g/mol. The summed E-state index contributed by atoms with van der Waals surface area (Å²) in [6.45, 7) is 4.06. The lowest BCUT2D eigenvalue weighted by molar-refractivity contribution is -0.144. The van der Waals surface area contributed by atoms with Crippen molar-refractivity contribution in [3.05, 3.63) is 106 Å². The molecule has 446 valence electrons. The van der Waals surface area contributed by atoms with Crippen LogP contribution >= 0.6 is 0 Å². The summed E-state index contributed by atoms with van der Waals surface area (Å²) in [5.74, 6) is -0.988. The van der Waals surface area contributed by atoms with Crippen molar-refractivity contribution in [2.75, 3.05) is 46.4 Å². The highest BCUT2D eigenvalue weighted by molar-refractivity contribution is 5.93. The Balaban J connectivity index is 0.756. The molecule has 5 heterocycles. The van der Waals surface area contributed by atoms with Crippen LogP contribution in [0.1, 0.15) is 151 Å². The first kappa shape index (κ1) is 61.5. The number of nitrogens with zero attached hydrogens (tertiary/aromatic N) is 7. The summed E-state index contributed by atoms with van der Waals surface area (Å²) in [4.78, 5) is 74.3. The lowest BCUT2D eigenvalue weighted by Gasteiger charge is -2.40. The Morgan fingerprint density at radius 3 is 2.10 bits per heavy atom. The fourth-order valence-electron chi connectivity index (χ4n) is 12.5. The molecule has 5 fully saturated rings. The molecule has 1 aliphatic carbocycles. The van der Waals surface area contributed by atoms with Gasteiger partial charge in [0.2, 0.25) is 29.5 Å². The van der Waals surface area contributed by atoms with Crippen molar-refractivity contribution in [1.29, 1.82) is 5.53 Å². The molecule has 21 nitrogen and oxygen atoms in total. The van der Waals surface area contributed by atoms with Gasteiger partial charge in [-0.25, -0.2) is 5.53 Å². The molecule has 4 saturated heterocycles. The van der Waals surface area contributed by atoms with Crippen molar-refractivity contribution in [3.63, 3.8) is 0 Å². The quantitative estimate of drug-likeness (QED) is 0.0334. The summed E-state index contributed by atoms with van der Waals surface area (Å²) in [6.07, 6.45) is 21.3. The van der Waals surface area contributed by atoms with Crippen LogP contribution in [-0.2, 0) is 49.9 Å². The van der Waals surface area contributed by atoms with E-state index in [1.807, 2.05) is 66.3 Å². The van der Waals surface area contributed by atoms with Gasteiger partial charge in [-0.05, 0) is 132 Å². The third-order valence-corrected chi connectivity index (χ3v) is 17.0. The second-order valence-corrected chi connectivity index (χ2v) is 23.1. The highest BCUT2D eigenvalue weighted by Crippen LogP contribution is 2.43. The summed E-state index contributed by atoms with van der Waals surface area (Å²) in [7, 11) is 1.95. The molecular formula is C61H90N14O7. The summed E-state index contributed by atoms with van der Waals surface area (Å²) < 4.78 is 1.86. The lowest BCUT2D eigenvalue weighted by atomic mass is 9.95. The Kier molecular flexibility index (Phi) is 23.4. The standard InChI is InChI=1S/C61H90N14O7/c1-42(64-33-37-77)58(79)67-50-20-8-6-18-48-28-30-53(74(48)57(50)46-26-27-46)59(80)65-38-47-40-73(71-70-47)35-13-11-15-44-24-22-43(23-25-44)14-10-12-34-72(2)41-52(69-62)56(45-16-4-3-5-17-45)68-60(81)54-31-29-49-19-7-9-21-51(61(82)75(49)54)66-55(78)39-63-32-36-76/h3-5,16-17,22-25,40-42,48-51,53-54,56,62-64,76-77H,6-15,18-21,26-39H2,1-2H3,(H,65,80)(H,66,78)(H,67,79)(H,68,81)/b52-41-,69-62?/t42-,48-,49-,50-,51-,53-,54-,56-/m0/s1. The van der Waals surface area contributed by atoms with Crippen LogP contribution < -0.4 is 31.9 Å². The number of fused-ring (bicyclic) bond motifs is 2. The average Bonchev–Trinajstić information content (AvgIpc) is 4.11. The van der Waals surface area contributed by atoms with E-state index in [0.29, 0.717) is 38.0 Å². The van der Waals surface area contributed by atoms with E-state index in [0.717, 1.165) is 139 Å². The molecule has 2 aromatic carbocycles. The van der Waals surface area contributed by atoms with E-state index >= 15 is 0 Å². The van der Waals surface area contributed by atoms with Gasteiger partial charge in [0.25, 0.3) is 0 Å². The molecule has 0 bridgehead atoms. The smallest absolute Gasteiger partial charge is 0.246 e. The zero-order valence-corrected chi connectivity index (χ0v) is 48.3. The summed E-state index contributed by atoms with van der Waals surface area (Å²) in [6, 6.07) is 15.5. The normalized spacial score (nSPS) is 22.6. The first-order valence-electron chi connectivity index (χ1n) is 30.4. The van der Waals surface area contributed by atoms with Gasteiger partial charge in [0.15, 0.2) is 0 Å². The van der Waals surface area contributed by atoms with Crippen LogP contribution in [0, 0.1) is 5.53 Å². The highest BCUT2D eigenvalue weighted by atomic mass is 16.3. The maximum atomic E-state index is 14.3. The zero-order chi connectivity index (χ0) is 57.8. The minimum atomic E-state index is -0.741. The molecule has 1 saturated carbocycles. The first-order valence-corrected chi connectivity index (χ1v) is 30.4. The van der Waals surface area contributed by atoms with E-state index in [9.17, 15) is 29.1 Å². The van der Waals surface area contributed by atoms with Crippen molar-refractivity contribution in [1.82, 2.24) is 61.6 Å². The Labute approximate surface area is 483 Å². The van der Waals surface area contributed by atoms with E-state index in [1.54, 1.807) is 4.90 Å². The van der Waals surface area contributed by atoms with Crippen LogP contribution in [-0.4, -0.2) is 158 Å². The van der Waals surface area contributed by atoms with Gasteiger partial charge in [0.1, 0.15) is 29.5 Å². The van der Waals surface area contributed by atoms with E-state index in [-0.39, 0.29) is 80.0 Å². The largest absolute Gasteiger partial charge is 0.395 e. The molecule has 5 aliphatic rings. The molecule has 0 spiro atoms. The van der Waals surface area contributed by atoms with Gasteiger partial charge in [0, 0.05) is 57.2 Å². The van der Waals surface area contributed by atoms with Crippen molar-refractivity contribution in [2.45, 2.75) is 197 Å². The second kappa shape index (κ2) is 31.2. The fraction of sp³-hybridized carbons (Fsp3) is 0.623. The van der Waals surface area contributed by atoms with Crippen LogP contribution in [0.4, 0.5) is 0 Å². The molecule has 0 radical (unpaired) electrons. The number of hydrogen-bond donors (Lipinski definition) is 9. The Bertz CT molecular complexity index is 2640. The molecular weight excluding hydrogens is 1040 g/mol. The van der Waals surface area contributed by atoms with Gasteiger partial charge in [-0.3, -0.25) is 28.7 Å². The minimum Gasteiger partial charge on any atom is -0.395 e. The van der Waals surface area contributed by atoms with E-state index in [1.165, 1.54) is 16.7 Å². The molecule has 8 atom stereocenters. The predicted octanol–water partition coefficient (Wildman–Crippen LogP) is 4.81. The second-order valence-electron chi connectivity index (χ2n) is 23.1. The topological polar surface area (TPSA) is 275 Å². The fourth-order valence-corrected chi connectivity index (χ4v) is 12.5. The molecule has 4 aliphatic heterocycles. The first-order chi connectivity index (χ1) is 39.9. The van der Waals surface area contributed by atoms with Crippen molar-refractivity contribution < 1.29 is 34.2 Å². The van der Waals surface area contributed by atoms with Gasteiger partial charge in [-0.2, -0.15) is 5.11 Å². The number of allylic oxidation sites excluding steroid dienone is 1. The van der Waals surface area contributed by atoms with Crippen LogP contribution in [0.25, 0.3) is 0 Å². The van der Waals surface area contributed by atoms with Crippen LogP contribution in [0.3, 0.4) is 0 Å². The molecule has 9 N–H and O–H groups in total. The molecule has 3 aromatic rings. The highest BCUT2D eigenvalue weighted by Gasteiger charge is 2.46. The number of aliphatic hydroxyl groups excluding tert-OH is 2. The molecule has 21 heteroatoms. The van der Waals surface area contributed by atoms with Gasteiger partial charge in [-0.1, -0.05) is 85.5 Å². The van der Waals surface area contributed by atoms with Crippen LogP contribution in [0.15, 0.2) is 89.1 Å². The lowest BCUT2D eigenvalue weighted by Crippen LogP contribution is -2.57. The number of hydrogen-bond acceptors (Lipinski definition) is 15. The number of aliphatic hydroxyl groups is 2. The Morgan fingerprint density at radius 2 is 1.43 bits per heavy atom. The van der Waals surface area contributed by atoms with Crippen LogP contribution in [0.2, 0.25) is 0 Å². The number of amides is 5. The average molecular weight is 1130 g/mol. The van der Waals surface area contributed by atoms with Gasteiger partial charge < -0.3 is 56.8 Å². The number of carbonyl (C=O) groups excluding carboxylic acids is 5. The third-order valence-electron chi connectivity index (χ3n) is 17.0. The Morgan fingerprint density at radius 1 is 0.780 bits per heavy atom. The third kappa shape index (κ3) is 17.3. The summed E-state index contributed by atoms with van der Waals surface area (Å²) >= 11 is 0. The number of rotatable bonds is 29. The number of benzene rings is 2. The molecule has 82 heavy (non-hydrogen) atoms. The van der Waals surface area contributed by atoms with E-state index in [4.69, 9.17) is 10.6 Å². The van der Waals surface area contributed by atoms with Gasteiger partial charge in [0.05, 0.1) is 50.6 Å². The number of carbonyl (C=O) groups is 5. The molecule has 1 aromatic heterocycles. The predicted molar refractivity (Wildman–Crippen MR) is 311 cm³/mol. The van der Waals surface area contributed by atoms with Gasteiger partial charge >= 0.3 is 0 Å². The maximum Gasteiger partial charge on any atom is 0.246 e. The molecule has 0 unspecified atom stereocenters. The van der Waals surface area contributed by atoms with E-state index in [2.05, 4.69) is 76.5 Å². The van der Waals surface area contributed by atoms with Crippen LogP contribution in [0.5, 0.6) is 0 Å². The summed E-state index contributed by atoms with van der Waals surface area (Å²) in [5.41, 5.74) is 15.2. The molecule has 5 amide bonds. The SMILES string of the molecule is C[C@H](NCCO)C(=O)N[C@H]1CCCC[C@H]2CC[C@@H](C(=O)NCc3cn(CCCCc4ccc(CCCCN(C)/C=C(\N=N)[C@@H](NC(=O)[C@@H]5CC[C@@H]6CCCC[C@H](NC(=O)CNCCO)C(=O)N65)c5ccccc5)cc4)nn3)N2C1=C1CC1. The van der Waals surface area contributed by atoms with Crippen molar-refractivity contribution in [2.24, 2.45) is 5.11 Å². The minimum absolute atomic E-state index is 0.00936. The molecule has 8 rings (SSSR count). The maximum absolute atomic E-state index is 14.3. The zero-order valence-electron chi connectivity index (χ0n) is 48.3. The van der Waals surface area contributed by atoms with Crippen molar-refractivity contribution >= 4 is 29.5 Å². The number of aryl methyl sites for hydroxylation is 3. The Hall–Kier alpha value is -6.55.